The van der Waals surface area contributed by atoms with Crippen molar-refractivity contribution in [3.05, 3.63) is 79.1 Å². The third kappa shape index (κ3) is 4.68. The second-order valence-corrected chi connectivity index (χ2v) is 7.47. The van der Waals surface area contributed by atoms with Crippen molar-refractivity contribution >= 4 is 11.6 Å². The number of hydrogen-bond donors (Lipinski definition) is 0. The fourth-order valence-corrected chi connectivity index (χ4v) is 3.74. The van der Waals surface area contributed by atoms with Crippen molar-refractivity contribution in [1.82, 2.24) is 9.80 Å². The molecular weight excluding hydrogens is 407 g/mol. The van der Waals surface area contributed by atoms with Gasteiger partial charge < -0.3 is 19.4 Å². The molecule has 0 bridgehead atoms. The third-order valence-electron chi connectivity index (χ3n) is 5.46. The predicted octanol–water partition coefficient (Wildman–Crippen LogP) is 4.84. The molecule has 0 radical (unpaired) electrons. The molecule has 2 aromatic rings. The van der Waals surface area contributed by atoms with Crippen LogP contribution in [0.25, 0.3) is 0 Å². The Bertz CT molecular complexity index is 971. The Hall–Kier alpha value is -3.42. The SMILES string of the molecule is C=CC(=O)N1CC[C@@H](N2C=CN(c3ccc(Oc4ccc(C(F)(F)F)cc4)cc3)C2)C1. The van der Waals surface area contributed by atoms with Crippen molar-refractivity contribution < 1.29 is 22.7 Å². The molecule has 162 valence electrons. The van der Waals surface area contributed by atoms with E-state index < -0.39 is 11.7 Å². The van der Waals surface area contributed by atoms with Gasteiger partial charge in [-0.2, -0.15) is 13.2 Å². The van der Waals surface area contributed by atoms with Crippen molar-refractivity contribution in [2.24, 2.45) is 0 Å². The molecule has 0 saturated carbocycles. The number of hydrogen-bond acceptors (Lipinski definition) is 4. The van der Waals surface area contributed by atoms with E-state index in [1.165, 1.54) is 18.2 Å². The Kier molecular flexibility index (Phi) is 5.63. The van der Waals surface area contributed by atoms with E-state index in [9.17, 15) is 18.0 Å². The van der Waals surface area contributed by atoms with Crippen molar-refractivity contribution in [2.45, 2.75) is 18.6 Å². The highest BCUT2D eigenvalue weighted by atomic mass is 19.4. The van der Waals surface area contributed by atoms with Crippen LogP contribution in [-0.4, -0.2) is 41.5 Å². The van der Waals surface area contributed by atoms with Gasteiger partial charge in [0.1, 0.15) is 11.5 Å². The summed E-state index contributed by atoms with van der Waals surface area (Å²) in [6.45, 7) is 5.64. The molecule has 0 spiro atoms. The molecule has 8 heteroatoms. The van der Waals surface area contributed by atoms with Crippen LogP contribution in [0.5, 0.6) is 11.5 Å². The molecule has 0 unspecified atom stereocenters. The summed E-state index contributed by atoms with van der Waals surface area (Å²) in [4.78, 5) is 17.9. The molecule has 1 atom stereocenters. The molecule has 0 aromatic heterocycles. The van der Waals surface area contributed by atoms with E-state index in [4.69, 9.17) is 4.74 Å². The maximum absolute atomic E-state index is 12.7. The molecule has 0 N–H and O–H groups in total. The molecule has 31 heavy (non-hydrogen) atoms. The molecule has 1 fully saturated rings. The molecule has 2 heterocycles. The minimum atomic E-state index is -4.37. The van der Waals surface area contributed by atoms with E-state index in [-0.39, 0.29) is 11.9 Å². The van der Waals surface area contributed by atoms with Gasteiger partial charge in [-0.3, -0.25) is 4.79 Å². The average Bonchev–Trinajstić information content (AvgIpc) is 3.43. The Morgan fingerprint density at radius 3 is 2.29 bits per heavy atom. The Morgan fingerprint density at radius 2 is 1.68 bits per heavy atom. The molecule has 1 saturated heterocycles. The lowest BCUT2D eigenvalue weighted by molar-refractivity contribution is -0.137. The van der Waals surface area contributed by atoms with Crippen LogP contribution >= 0.6 is 0 Å². The number of benzene rings is 2. The summed E-state index contributed by atoms with van der Waals surface area (Å²) in [5.41, 5.74) is 0.260. The minimum absolute atomic E-state index is 0.0360. The van der Waals surface area contributed by atoms with Crippen molar-refractivity contribution in [2.75, 3.05) is 24.7 Å². The lowest BCUT2D eigenvalue weighted by Gasteiger charge is -2.26. The Balaban J connectivity index is 1.33. The minimum Gasteiger partial charge on any atom is -0.457 e. The zero-order valence-electron chi connectivity index (χ0n) is 16.8. The van der Waals surface area contributed by atoms with Crippen molar-refractivity contribution in [3.63, 3.8) is 0 Å². The number of rotatable bonds is 5. The van der Waals surface area contributed by atoms with Crippen LogP contribution in [0.1, 0.15) is 12.0 Å². The monoisotopic (exact) mass is 429 g/mol. The summed E-state index contributed by atoms with van der Waals surface area (Å²) < 4.78 is 43.6. The number of likely N-dealkylation sites (tertiary alicyclic amines) is 1. The van der Waals surface area contributed by atoms with Gasteiger partial charge in [-0.05, 0) is 61.0 Å². The van der Waals surface area contributed by atoms with Gasteiger partial charge in [0.15, 0.2) is 0 Å². The molecule has 4 rings (SSSR count). The second kappa shape index (κ2) is 8.37. The van der Waals surface area contributed by atoms with Crippen LogP contribution < -0.4 is 9.64 Å². The lowest BCUT2D eigenvalue weighted by Crippen LogP contribution is -2.37. The number of anilines is 1. The van der Waals surface area contributed by atoms with Crippen molar-refractivity contribution in [3.8, 4) is 11.5 Å². The van der Waals surface area contributed by atoms with E-state index in [2.05, 4.69) is 16.4 Å². The van der Waals surface area contributed by atoms with Gasteiger partial charge in [0.2, 0.25) is 5.91 Å². The number of nitrogens with zero attached hydrogens (tertiary/aromatic N) is 3. The highest BCUT2D eigenvalue weighted by molar-refractivity contribution is 5.87. The van der Waals surface area contributed by atoms with E-state index >= 15 is 0 Å². The van der Waals surface area contributed by atoms with Gasteiger partial charge in [0.05, 0.1) is 12.2 Å². The quantitative estimate of drug-likeness (QED) is 0.638. The summed E-state index contributed by atoms with van der Waals surface area (Å²) in [5.74, 6) is 0.844. The fraction of sp³-hybridized carbons (Fsp3) is 0.261. The average molecular weight is 429 g/mol. The topological polar surface area (TPSA) is 36.0 Å². The van der Waals surface area contributed by atoms with Gasteiger partial charge in [0, 0.05) is 37.2 Å². The van der Waals surface area contributed by atoms with Crippen LogP contribution in [0.15, 0.2) is 73.6 Å². The maximum Gasteiger partial charge on any atom is 0.416 e. The van der Waals surface area contributed by atoms with Crippen molar-refractivity contribution in [1.29, 1.82) is 0 Å². The molecule has 2 aromatic carbocycles. The van der Waals surface area contributed by atoms with Gasteiger partial charge in [0.25, 0.3) is 0 Å². The first-order valence-electron chi connectivity index (χ1n) is 9.91. The lowest BCUT2D eigenvalue weighted by atomic mass is 10.2. The number of alkyl halides is 3. The summed E-state index contributed by atoms with van der Waals surface area (Å²) in [5, 5.41) is 0. The number of halogens is 3. The first kappa shape index (κ1) is 20.8. The van der Waals surface area contributed by atoms with Crippen LogP contribution in [-0.2, 0) is 11.0 Å². The van der Waals surface area contributed by atoms with Crippen LogP contribution in [0.3, 0.4) is 0 Å². The molecule has 1 amide bonds. The first-order chi connectivity index (χ1) is 14.8. The van der Waals surface area contributed by atoms with Gasteiger partial charge in [-0.25, -0.2) is 0 Å². The Labute approximate surface area is 178 Å². The summed E-state index contributed by atoms with van der Waals surface area (Å²) >= 11 is 0. The van der Waals surface area contributed by atoms with E-state index in [1.54, 1.807) is 12.1 Å². The smallest absolute Gasteiger partial charge is 0.416 e. The molecule has 2 aliphatic rings. The first-order valence-corrected chi connectivity index (χ1v) is 9.91. The predicted molar refractivity (Wildman–Crippen MR) is 111 cm³/mol. The summed E-state index contributed by atoms with van der Waals surface area (Å²) in [7, 11) is 0. The van der Waals surface area contributed by atoms with Crippen LogP contribution in [0.4, 0.5) is 18.9 Å². The number of carbonyl (C=O) groups is 1. The van der Waals surface area contributed by atoms with Gasteiger partial charge in [-0.1, -0.05) is 6.58 Å². The van der Waals surface area contributed by atoms with E-state index in [0.717, 1.165) is 30.8 Å². The van der Waals surface area contributed by atoms with Gasteiger partial charge in [-0.15, -0.1) is 0 Å². The molecule has 0 aliphatic carbocycles. The standard InChI is InChI=1S/C23H22F3N3O2/c1-2-22(30)27-12-11-19(15-27)29-14-13-28(16-29)18-5-9-21(10-6-18)31-20-7-3-17(4-8-20)23(24,25)26/h2-10,13-14,19H,1,11-12,15-16H2/t19-/m1/s1. The third-order valence-corrected chi connectivity index (χ3v) is 5.46. The number of ether oxygens (including phenoxy) is 1. The molecule has 2 aliphatic heterocycles. The largest absolute Gasteiger partial charge is 0.457 e. The van der Waals surface area contributed by atoms with E-state index in [1.807, 2.05) is 29.4 Å². The highest BCUT2D eigenvalue weighted by Gasteiger charge is 2.31. The van der Waals surface area contributed by atoms with E-state index in [0.29, 0.717) is 24.7 Å². The maximum atomic E-state index is 12.7. The number of amides is 1. The normalized spacial score (nSPS) is 18.5. The summed E-state index contributed by atoms with van der Waals surface area (Å²) in [6.07, 6.45) is 1.92. The Morgan fingerprint density at radius 1 is 1.03 bits per heavy atom. The van der Waals surface area contributed by atoms with Gasteiger partial charge >= 0.3 is 6.18 Å². The highest BCUT2D eigenvalue weighted by Crippen LogP contribution is 2.32. The fourth-order valence-electron chi connectivity index (χ4n) is 3.74. The number of carbonyl (C=O) groups excluding carboxylic acids is 1. The zero-order valence-corrected chi connectivity index (χ0v) is 16.8. The molecule has 5 nitrogen and oxygen atoms in total. The van der Waals surface area contributed by atoms with Crippen LogP contribution in [0.2, 0.25) is 0 Å². The second-order valence-electron chi connectivity index (χ2n) is 7.47. The van der Waals surface area contributed by atoms with Crippen LogP contribution in [0, 0.1) is 0 Å². The summed E-state index contributed by atoms with van der Waals surface area (Å²) in [6, 6.07) is 12.2. The molecular formula is C23H22F3N3O2. The zero-order chi connectivity index (χ0) is 22.0.